The highest BCUT2D eigenvalue weighted by Crippen LogP contribution is 2.27. The number of hydrogen-bond donors (Lipinski definition) is 3. The molecule has 0 amide bonds. The van der Waals surface area contributed by atoms with Gasteiger partial charge in [-0.2, -0.15) is 0 Å². The summed E-state index contributed by atoms with van der Waals surface area (Å²) in [5, 5.41) is 12.6. The van der Waals surface area contributed by atoms with E-state index in [4.69, 9.17) is 10.8 Å². The van der Waals surface area contributed by atoms with Gasteiger partial charge in [-0.15, -0.1) is 0 Å². The molecule has 0 spiro atoms. The summed E-state index contributed by atoms with van der Waals surface area (Å²) in [6.45, 7) is 3.16. The van der Waals surface area contributed by atoms with Crippen molar-refractivity contribution in [2.45, 2.75) is 70.4 Å². The largest absolute Gasteiger partial charge is 0.396 e. The number of nitrogens with one attached hydrogen (secondary N) is 1. The molecule has 0 heterocycles. The molecule has 0 saturated heterocycles. The third-order valence-corrected chi connectivity index (χ3v) is 4.07. The van der Waals surface area contributed by atoms with Crippen LogP contribution in [0.4, 0.5) is 0 Å². The summed E-state index contributed by atoms with van der Waals surface area (Å²) in [5.74, 6) is 0.872. The van der Waals surface area contributed by atoms with Crippen LogP contribution in [0, 0.1) is 5.92 Å². The molecule has 2 unspecified atom stereocenters. The minimum atomic E-state index is 0.270. The van der Waals surface area contributed by atoms with Gasteiger partial charge in [0.25, 0.3) is 0 Å². The van der Waals surface area contributed by atoms with Crippen LogP contribution in [0.15, 0.2) is 0 Å². The average Bonchev–Trinajstić information content (AvgIpc) is 2.38. The zero-order valence-corrected chi connectivity index (χ0v) is 11.3. The van der Waals surface area contributed by atoms with Crippen molar-refractivity contribution in [3.8, 4) is 0 Å². The standard InChI is InChI=1S/C14H30N2O/c1-2-13(8-9-17)16-14(11-15)10-12-6-4-3-5-7-12/h12-14,16-17H,2-11,15H2,1H3. The molecule has 4 N–H and O–H groups in total. The maximum absolute atomic E-state index is 9.00. The SMILES string of the molecule is CCC(CCO)NC(CN)CC1CCCCC1. The highest BCUT2D eigenvalue weighted by molar-refractivity contribution is 4.78. The predicted octanol–water partition coefficient (Wildman–Crippen LogP) is 2.03. The van der Waals surface area contributed by atoms with E-state index in [0.29, 0.717) is 12.1 Å². The van der Waals surface area contributed by atoms with Gasteiger partial charge in [0.2, 0.25) is 0 Å². The fourth-order valence-electron chi connectivity index (χ4n) is 2.95. The molecular weight excluding hydrogens is 212 g/mol. The van der Waals surface area contributed by atoms with Crippen LogP contribution in [0.1, 0.15) is 58.3 Å². The molecule has 0 aromatic rings. The summed E-state index contributed by atoms with van der Waals surface area (Å²) in [4.78, 5) is 0. The van der Waals surface area contributed by atoms with Crippen LogP contribution in [0.5, 0.6) is 0 Å². The number of aliphatic hydroxyl groups is 1. The number of aliphatic hydroxyl groups excluding tert-OH is 1. The van der Waals surface area contributed by atoms with Gasteiger partial charge in [-0.25, -0.2) is 0 Å². The number of nitrogens with two attached hydrogens (primary N) is 1. The van der Waals surface area contributed by atoms with E-state index in [1.807, 2.05) is 0 Å². The quantitative estimate of drug-likeness (QED) is 0.610. The Labute approximate surface area is 106 Å². The van der Waals surface area contributed by atoms with Gasteiger partial charge in [0.15, 0.2) is 0 Å². The lowest BCUT2D eigenvalue weighted by molar-refractivity contribution is 0.241. The van der Waals surface area contributed by atoms with Crippen LogP contribution in [-0.2, 0) is 0 Å². The molecule has 1 rings (SSSR count). The fraction of sp³-hybridized carbons (Fsp3) is 1.00. The molecule has 2 atom stereocenters. The summed E-state index contributed by atoms with van der Waals surface area (Å²) in [6, 6.07) is 0.867. The van der Waals surface area contributed by atoms with Crippen molar-refractivity contribution in [2.24, 2.45) is 11.7 Å². The van der Waals surface area contributed by atoms with Crippen LogP contribution >= 0.6 is 0 Å². The van der Waals surface area contributed by atoms with E-state index in [0.717, 1.165) is 25.3 Å². The molecule has 17 heavy (non-hydrogen) atoms. The summed E-state index contributed by atoms with van der Waals surface area (Å²) >= 11 is 0. The minimum absolute atomic E-state index is 0.270. The number of hydrogen-bond acceptors (Lipinski definition) is 3. The van der Waals surface area contributed by atoms with Crippen LogP contribution in [0.25, 0.3) is 0 Å². The molecule has 0 bridgehead atoms. The van der Waals surface area contributed by atoms with Gasteiger partial charge in [-0.3, -0.25) is 0 Å². The van der Waals surface area contributed by atoms with Crippen molar-refractivity contribution >= 4 is 0 Å². The molecule has 0 radical (unpaired) electrons. The van der Waals surface area contributed by atoms with Gasteiger partial charge in [0, 0.05) is 25.2 Å². The molecule has 0 aromatic heterocycles. The second-order valence-corrected chi connectivity index (χ2v) is 5.46. The summed E-state index contributed by atoms with van der Waals surface area (Å²) in [5.41, 5.74) is 5.86. The minimum Gasteiger partial charge on any atom is -0.396 e. The molecule has 1 fully saturated rings. The Morgan fingerprint density at radius 2 is 1.94 bits per heavy atom. The van der Waals surface area contributed by atoms with Gasteiger partial charge in [-0.1, -0.05) is 39.0 Å². The lowest BCUT2D eigenvalue weighted by Gasteiger charge is -2.29. The Balaban J connectivity index is 2.30. The van der Waals surface area contributed by atoms with Gasteiger partial charge in [-0.05, 0) is 25.2 Å². The second kappa shape index (κ2) is 8.90. The molecule has 102 valence electrons. The first kappa shape index (κ1) is 14.9. The van der Waals surface area contributed by atoms with Crippen molar-refractivity contribution in [3.63, 3.8) is 0 Å². The third-order valence-electron chi connectivity index (χ3n) is 4.07. The van der Waals surface area contributed by atoms with Gasteiger partial charge in [0.05, 0.1) is 0 Å². The Kier molecular flexibility index (Phi) is 7.82. The first-order valence-corrected chi connectivity index (χ1v) is 7.37. The Hall–Kier alpha value is -0.120. The molecule has 3 nitrogen and oxygen atoms in total. The Bertz CT molecular complexity index is 174. The molecule has 0 aliphatic heterocycles. The van der Waals surface area contributed by atoms with Crippen LogP contribution in [0.3, 0.4) is 0 Å². The van der Waals surface area contributed by atoms with E-state index in [2.05, 4.69) is 12.2 Å². The van der Waals surface area contributed by atoms with Crippen molar-refractivity contribution in [1.82, 2.24) is 5.32 Å². The molecule has 1 saturated carbocycles. The van der Waals surface area contributed by atoms with Crippen molar-refractivity contribution in [2.75, 3.05) is 13.2 Å². The Morgan fingerprint density at radius 3 is 2.47 bits per heavy atom. The van der Waals surface area contributed by atoms with E-state index >= 15 is 0 Å². The average molecular weight is 242 g/mol. The highest BCUT2D eigenvalue weighted by Gasteiger charge is 2.19. The summed E-state index contributed by atoms with van der Waals surface area (Å²) in [6.07, 6.45) is 10.1. The normalized spacial score (nSPS) is 21.4. The maximum Gasteiger partial charge on any atom is 0.0445 e. The second-order valence-electron chi connectivity index (χ2n) is 5.46. The summed E-state index contributed by atoms with van der Waals surface area (Å²) in [7, 11) is 0. The molecule has 0 aromatic carbocycles. The van der Waals surface area contributed by atoms with E-state index in [1.165, 1.54) is 38.5 Å². The molecule has 1 aliphatic rings. The van der Waals surface area contributed by atoms with Crippen molar-refractivity contribution in [3.05, 3.63) is 0 Å². The topological polar surface area (TPSA) is 58.3 Å². The summed E-state index contributed by atoms with van der Waals surface area (Å²) < 4.78 is 0. The smallest absolute Gasteiger partial charge is 0.0445 e. The molecular formula is C14H30N2O. The van der Waals surface area contributed by atoms with Crippen LogP contribution < -0.4 is 11.1 Å². The van der Waals surface area contributed by atoms with Crippen molar-refractivity contribution < 1.29 is 5.11 Å². The van der Waals surface area contributed by atoms with E-state index in [9.17, 15) is 0 Å². The zero-order chi connectivity index (χ0) is 12.5. The third kappa shape index (κ3) is 5.84. The highest BCUT2D eigenvalue weighted by atomic mass is 16.3. The van der Waals surface area contributed by atoms with Gasteiger partial charge in [0.1, 0.15) is 0 Å². The molecule has 3 heteroatoms. The predicted molar refractivity (Wildman–Crippen MR) is 73.0 cm³/mol. The van der Waals surface area contributed by atoms with E-state index in [-0.39, 0.29) is 6.61 Å². The molecule has 1 aliphatic carbocycles. The first-order chi connectivity index (χ1) is 8.30. The lowest BCUT2D eigenvalue weighted by Crippen LogP contribution is -2.44. The number of rotatable bonds is 8. The van der Waals surface area contributed by atoms with Crippen LogP contribution in [0.2, 0.25) is 0 Å². The monoisotopic (exact) mass is 242 g/mol. The first-order valence-electron chi connectivity index (χ1n) is 7.37. The lowest BCUT2D eigenvalue weighted by atomic mass is 9.84. The van der Waals surface area contributed by atoms with Crippen LogP contribution in [-0.4, -0.2) is 30.3 Å². The Morgan fingerprint density at radius 1 is 1.24 bits per heavy atom. The van der Waals surface area contributed by atoms with Gasteiger partial charge < -0.3 is 16.2 Å². The maximum atomic E-state index is 9.00. The van der Waals surface area contributed by atoms with Gasteiger partial charge >= 0.3 is 0 Å². The van der Waals surface area contributed by atoms with Crippen molar-refractivity contribution in [1.29, 1.82) is 0 Å². The zero-order valence-electron chi connectivity index (χ0n) is 11.3. The van der Waals surface area contributed by atoms with E-state index in [1.54, 1.807) is 0 Å². The van der Waals surface area contributed by atoms with E-state index < -0.39 is 0 Å². The fourth-order valence-corrected chi connectivity index (χ4v) is 2.95.